The Kier molecular flexibility index (Phi) is 9.40. The van der Waals surface area contributed by atoms with Crippen molar-refractivity contribution in [3.05, 3.63) is 90.1 Å². The topological polar surface area (TPSA) is 150 Å². The van der Waals surface area contributed by atoms with Crippen LogP contribution in [0, 0.1) is 0 Å². The van der Waals surface area contributed by atoms with E-state index in [2.05, 4.69) is 33.4 Å². The van der Waals surface area contributed by atoms with Gasteiger partial charge in [-0.25, -0.2) is 19.7 Å². The molecule has 0 saturated carbocycles. The third-order valence-corrected chi connectivity index (χ3v) is 8.61. The number of hydrogen-bond donors (Lipinski definition) is 2. The van der Waals surface area contributed by atoms with E-state index in [1.54, 1.807) is 24.4 Å². The molecule has 3 N–H and O–H groups in total. The number of ether oxygens (including phenoxy) is 2. The summed E-state index contributed by atoms with van der Waals surface area (Å²) in [5, 5.41) is -0.342. The van der Waals surface area contributed by atoms with Gasteiger partial charge in [-0.3, -0.25) is 4.79 Å². The summed E-state index contributed by atoms with van der Waals surface area (Å²) >= 11 is 0. The lowest BCUT2D eigenvalue weighted by Crippen LogP contribution is -2.37. The maximum Gasteiger partial charge on any atom is 0.281 e. The number of aromatic nitrogens is 3. The molecule has 4 heterocycles. The quantitative estimate of drug-likeness (QED) is 0.245. The Balaban J connectivity index is 1.33. The number of sulfonamides is 1. The van der Waals surface area contributed by atoms with Crippen LogP contribution >= 0.6 is 0 Å². The van der Waals surface area contributed by atoms with Gasteiger partial charge in [0.25, 0.3) is 15.9 Å². The van der Waals surface area contributed by atoms with Crippen molar-refractivity contribution in [1.29, 1.82) is 0 Å². The summed E-state index contributed by atoms with van der Waals surface area (Å²) in [6, 6.07) is 21.2. The molecule has 12 heteroatoms. The minimum atomic E-state index is -4.26. The van der Waals surface area contributed by atoms with E-state index in [0.717, 1.165) is 24.0 Å². The van der Waals surface area contributed by atoms with Gasteiger partial charge in [0, 0.05) is 29.9 Å². The number of nitrogens with one attached hydrogen (secondary N) is 1. The van der Waals surface area contributed by atoms with Crippen molar-refractivity contribution in [1.82, 2.24) is 19.7 Å². The largest absolute Gasteiger partial charge is 0.472 e. The van der Waals surface area contributed by atoms with Gasteiger partial charge >= 0.3 is 0 Å². The summed E-state index contributed by atoms with van der Waals surface area (Å²) in [7, 11) is -4.26. The lowest BCUT2D eigenvalue weighted by atomic mass is 10.1. The molecule has 0 bridgehead atoms. The van der Waals surface area contributed by atoms with Gasteiger partial charge in [-0.05, 0) is 69.5 Å². The molecule has 0 aliphatic carbocycles. The molecule has 1 aliphatic rings. The number of nitrogens with zero attached hydrogens (tertiary/aromatic N) is 4. The van der Waals surface area contributed by atoms with Crippen LogP contribution in [-0.2, 0) is 21.4 Å². The van der Waals surface area contributed by atoms with Gasteiger partial charge in [-0.1, -0.05) is 36.4 Å². The van der Waals surface area contributed by atoms with Gasteiger partial charge in [0.05, 0.1) is 24.5 Å². The molecule has 11 nitrogen and oxygen atoms in total. The monoisotopic (exact) mass is 616 g/mol. The standard InChI is InChI=1S/C32H36N6O5S/c1-21-12-13-22(2)38(21)31-26(32(39)37-44(40,41)30-11-7-10-28(33)36-30)15-16-27(35-31)25-14-17-29(34-18-25)43-23(3)19-42-20-24-8-5-4-6-9-24/h4-11,14-18,21-23H,12-13,19-20H2,1-3H3,(H2,33,36)(H,37,39)/t21-,22+,23?. The van der Waals surface area contributed by atoms with Crippen molar-refractivity contribution in [2.24, 2.45) is 0 Å². The van der Waals surface area contributed by atoms with Crippen molar-refractivity contribution < 1.29 is 22.7 Å². The maximum absolute atomic E-state index is 13.4. The fourth-order valence-electron chi connectivity index (χ4n) is 5.16. The number of rotatable bonds is 11. The highest BCUT2D eigenvalue weighted by molar-refractivity contribution is 7.90. The van der Waals surface area contributed by atoms with Crippen molar-refractivity contribution >= 4 is 27.6 Å². The Morgan fingerprint density at radius 1 is 1.00 bits per heavy atom. The van der Waals surface area contributed by atoms with E-state index in [-0.39, 0.29) is 34.6 Å². The van der Waals surface area contributed by atoms with E-state index < -0.39 is 15.9 Å². The summed E-state index contributed by atoms with van der Waals surface area (Å²) in [6.45, 7) is 6.94. The van der Waals surface area contributed by atoms with Crippen molar-refractivity contribution in [3.63, 3.8) is 0 Å². The Morgan fingerprint density at radius 2 is 1.75 bits per heavy atom. The van der Waals surface area contributed by atoms with E-state index in [9.17, 15) is 13.2 Å². The van der Waals surface area contributed by atoms with E-state index in [4.69, 9.17) is 20.2 Å². The third kappa shape index (κ3) is 7.32. The summed E-state index contributed by atoms with van der Waals surface area (Å²) in [5.41, 5.74) is 8.19. The van der Waals surface area contributed by atoms with Gasteiger partial charge in [0.1, 0.15) is 17.7 Å². The number of carbonyl (C=O) groups excluding carboxylic acids is 1. The van der Waals surface area contributed by atoms with Gasteiger partial charge in [-0.2, -0.15) is 8.42 Å². The number of benzene rings is 1. The molecule has 3 atom stereocenters. The van der Waals surface area contributed by atoms with Crippen LogP contribution in [0.4, 0.5) is 11.6 Å². The Labute approximate surface area is 257 Å². The third-order valence-electron chi connectivity index (χ3n) is 7.38. The number of amides is 1. The minimum absolute atomic E-state index is 0.0302. The predicted molar refractivity (Wildman–Crippen MR) is 168 cm³/mol. The van der Waals surface area contributed by atoms with Crippen LogP contribution in [0.3, 0.4) is 0 Å². The number of anilines is 2. The molecule has 230 valence electrons. The van der Waals surface area contributed by atoms with E-state index >= 15 is 0 Å². The highest BCUT2D eigenvalue weighted by Crippen LogP contribution is 2.33. The normalized spacial score (nSPS) is 17.3. The first-order valence-corrected chi connectivity index (χ1v) is 15.9. The fourth-order valence-corrected chi connectivity index (χ4v) is 6.11. The Bertz CT molecular complexity index is 1690. The first-order chi connectivity index (χ1) is 21.1. The van der Waals surface area contributed by atoms with Crippen LogP contribution < -0.4 is 20.1 Å². The Hall–Kier alpha value is -4.55. The molecular weight excluding hydrogens is 580 g/mol. The second-order valence-corrected chi connectivity index (χ2v) is 12.5. The number of nitrogen functional groups attached to an aromatic ring is 1. The molecule has 1 saturated heterocycles. The lowest BCUT2D eigenvalue weighted by molar-refractivity contribution is 0.0473. The van der Waals surface area contributed by atoms with Crippen LogP contribution in [0.25, 0.3) is 11.3 Å². The summed E-state index contributed by atoms with van der Waals surface area (Å²) in [6.07, 6.45) is 3.28. The highest BCUT2D eigenvalue weighted by Gasteiger charge is 2.33. The van der Waals surface area contributed by atoms with Crippen LogP contribution in [0.1, 0.15) is 49.5 Å². The molecule has 3 aromatic heterocycles. The molecule has 1 unspecified atom stereocenters. The molecule has 0 radical (unpaired) electrons. The highest BCUT2D eigenvalue weighted by atomic mass is 32.2. The molecule has 1 aliphatic heterocycles. The summed E-state index contributed by atoms with van der Waals surface area (Å²) < 4.78 is 39.7. The van der Waals surface area contributed by atoms with Crippen molar-refractivity contribution in [2.75, 3.05) is 17.2 Å². The van der Waals surface area contributed by atoms with Crippen LogP contribution in [0.15, 0.2) is 84.0 Å². The zero-order valence-electron chi connectivity index (χ0n) is 24.9. The molecule has 5 rings (SSSR count). The number of pyridine rings is 3. The summed E-state index contributed by atoms with van der Waals surface area (Å²) in [4.78, 5) is 28.6. The van der Waals surface area contributed by atoms with Gasteiger partial charge < -0.3 is 20.1 Å². The minimum Gasteiger partial charge on any atom is -0.472 e. The zero-order chi connectivity index (χ0) is 31.3. The second kappa shape index (κ2) is 13.4. The average Bonchev–Trinajstić information content (AvgIpc) is 3.34. The first kappa shape index (κ1) is 30.9. The van der Waals surface area contributed by atoms with Crippen LogP contribution in [0.2, 0.25) is 0 Å². The number of carbonyl (C=O) groups is 1. The SMILES string of the molecule is CC(COCc1ccccc1)Oc1ccc(-c2ccc(C(=O)NS(=O)(=O)c3cccc(N)n3)c(N3[C@H](C)CC[C@@H]3C)n2)cn1. The molecule has 44 heavy (non-hydrogen) atoms. The lowest BCUT2D eigenvalue weighted by Gasteiger charge is -2.29. The number of hydrogen-bond acceptors (Lipinski definition) is 10. The Morgan fingerprint density at radius 3 is 2.43 bits per heavy atom. The average molecular weight is 617 g/mol. The molecular formula is C32H36N6O5S. The van der Waals surface area contributed by atoms with E-state index in [0.29, 0.717) is 30.6 Å². The predicted octanol–water partition coefficient (Wildman–Crippen LogP) is 4.60. The molecule has 1 amide bonds. The molecule has 1 aromatic carbocycles. The van der Waals surface area contributed by atoms with Gasteiger partial charge in [-0.15, -0.1) is 0 Å². The smallest absolute Gasteiger partial charge is 0.281 e. The first-order valence-electron chi connectivity index (χ1n) is 14.4. The van der Waals surface area contributed by atoms with E-state index in [1.807, 2.05) is 43.3 Å². The van der Waals surface area contributed by atoms with Gasteiger partial charge in [0.2, 0.25) is 5.88 Å². The molecule has 4 aromatic rings. The number of nitrogens with two attached hydrogens (primary N) is 1. The fraction of sp³-hybridized carbons (Fsp3) is 0.312. The van der Waals surface area contributed by atoms with Gasteiger partial charge in [0.15, 0.2) is 5.03 Å². The second-order valence-electron chi connectivity index (χ2n) is 10.9. The summed E-state index contributed by atoms with van der Waals surface area (Å²) in [5.74, 6) is 0.0724. The van der Waals surface area contributed by atoms with Crippen LogP contribution in [-0.4, -0.2) is 54.1 Å². The van der Waals surface area contributed by atoms with Crippen LogP contribution in [0.5, 0.6) is 5.88 Å². The zero-order valence-corrected chi connectivity index (χ0v) is 25.7. The molecule has 1 fully saturated rings. The van der Waals surface area contributed by atoms with Crippen molar-refractivity contribution in [3.8, 4) is 17.1 Å². The molecule has 0 spiro atoms. The van der Waals surface area contributed by atoms with Crippen molar-refractivity contribution in [2.45, 2.75) is 63.4 Å². The van der Waals surface area contributed by atoms with E-state index in [1.165, 1.54) is 18.2 Å². The maximum atomic E-state index is 13.4.